The molecule has 0 radical (unpaired) electrons. The van der Waals surface area contributed by atoms with Gasteiger partial charge in [0, 0.05) is 0 Å². The van der Waals surface area contributed by atoms with E-state index < -0.39 is 5.97 Å². The molecule has 0 amide bonds. The molecule has 0 aliphatic heterocycles. The van der Waals surface area contributed by atoms with Gasteiger partial charge in [0.25, 0.3) is 0 Å². The van der Waals surface area contributed by atoms with E-state index in [4.69, 9.17) is 0 Å². The zero-order valence-corrected chi connectivity index (χ0v) is 14.3. The first kappa shape index (κ1) is 15.0. The number of carbonyl (C=O) groups is 1. The Morgan fingerprint density at radius 3 is 2.27 bits per heavy atom. The predicted molar refractivity (Wildman–Crippen MR) is 87.4 cm³/mol. The zero-order chi connectivity index (χ0) is 15.5. The maximum Gasteiger partial charge on any atom is 0.306 e. The second-order valence-electron chi connectivity index (χ2n) is 9.50. The highest BCUT2D eigenvalue weighted by Gasteiger charge is 2.55. The van der Waals surface area contributed by atoms with Crippen molar-refractivity contribution in [1.82, 2.24) is 0 Å². The lowest BCUT2D eigenvalue weighted by Crippen LogP contribution is -2.50. The van der Waals surface area contributed by atoms with Crippen molar-refractivity contribution in [2.24, 2.45) is 46.8 Å². The summed E-state index contributed by atoms with van der Waals surface area (Å²) in [4.78, 5) is 11.5. The second kappa shape index (κ2) is 5.24. The molecule has 0 saturated heterocycles. The summed E-state index contributed by atoms with van der Waals surface area (Å²) >= 11 is 0. The molecule has 124 valence electrons. The molecule has 0 aromatic carbocycles. The van der Waals surface area contributed by atoms with Gasteiger partial charge in [0.2, 0.25) is 0 Å². The van der Waals surface area contributed by atoms with Crippen molar-refractivity contribution in [3.63, 3.8) is 0 Å². The largest absolute Gasteiger partial charge is 0.481 e. The quantitative estimate of drug-likeness (QED) is 0.742. The van der Waals surface area contributed by atoms with Gasteiger partial charge in [-0.05, 0) is 85.9 Å². The zero-order valence-electron chi connectivity index (χ0n) is 14.3. The molecule has 4 aliphatic rings. The monoisotopic (exact) mass is 304 g/mol. The van der Waals surface area contributed by atoms with Gasteiger partial charge in [0.1, 0.15) is 0 Å². The summed E-state index contributed by atoms with van der Waals surface area (Å²) in [6.45, 7) is 5.04. The Bertz CT molecular complexity index is 455. The first-order chi connectivity index (χ1) is 10.5. The maximum absolute atomic E-state index is 11.5. The third-order valence-corrected chi connectivity index (χ3v) is 8.27. The highest BCUT2D eigenvalue weighted by Crippen LogP contribution is 2.62. The summed E-state index contributed by atoms with van der Waals surface area (Å²) in [7, 11) is 0. The van der Waals surface area contributed by atoms with Gasteiger partial charge in [-0.1, -0.05) is 26.7 Å². The van der Waals surface area contributed by atoms with Crippen molar-refractivity contribution in [2.75, 3.05) is 0 Å². The third kappa shape index (κ3) is 2.16. The number of aliphatic carboxylic acids is 1. The Labute approximate surface area is 135 Å². The average molecular weight is 304 g/mol. The molecule has 4 rings (SSSR count). The normalized spacial score (nSPS) is 49.8. The molecule has 4 aliphatic carbocycles. The van der Waals surface area contributed by atoms with E-state index in [0.717, 1.165) is 36.0 Å². The molecule has 1 N–H and O–H groups in total. The van der Waals surface area contributed by atoms with E-state index in [0.29, 0.717) is 11.3 Å². The van der Waals surface area contributed by atoms with Crippen LogP contribution in [0.3, 0.4) is 0 Å². The van der Waals surface area contributed by atoms with Crippen LogP contribution in [0.5, 0.6) is 0 Å². The first-order valence-electron chi connectivity index (χ1n) is 9.72. The minimum atomic E-state index is -0.516. The molecule has 0 aromatic heterocycles. The fourth-order valence-electron chi connectivity index (χ4n) is 7.61. The molecule has 2 heteroatoms. The van der Waals surface area contributed by atoms with Crippen molar-refractivity contribution in [1.29, 1.82) is 0 Å². The van der Waals surface area contributed by atoms with E-state index in [1.807, 2.05) is 0 Å². The molecule has 0 aromatic rings. The Morgan fingerprint density at radius 1 is 0.864 bits per heavy atom. The van der Waals surface area contributed by atoms with E-state index in [9.17, 15) is 9.90 Å². The molecular formula is C20H32O2. The molecule has 0 spiro atoms. The maximum atomic E-state index is 11.5. The minimum absolute atomic E-state index is 0.0250. The van der Waals surface area contributed by atoms with Gasteiger partial charge in [0.05, 0.1) is 5.92 Å². The van der Waals surface area contributed by atoms with E-state index in [-0.39, 0.29) is 5.92 Å². The number of fused-ring (bicyclic) bond motifs is 5. The summed E-state index contributed by atoms with van der Waals surface area (Å²) in [5.41, 5.74) is 0.518. The second-order valence-corrected chi connectivity index (χ2v) is 9.50. The Morgan fingerprint density at radius 2 is 1.50 bits per heavy atom. The number of carboxylic acids is 1. The van der Waals surface area contributed by atoms with Crippen LogP contribution in [0.1, 0.15) is 71.6 Å². The lowest BCUT2D eigenvalue weighted by atomic mass is 9.48. The smallest absolute Gasteiger partial charge is 0.306 e. The summed E-state index contributed by atoms with van der Waals surface area (Å²) in [6, 6.07) is 0. The van der Waals surface area contributed by atoms with Crippen LogP contribution in [0.25, 0.3) is 0 Å². The topological polar surface area (TPSA) is 37.3 Å². The Kier molecular flexibility index (Phi) is 3.58. The van der Waals surface area contributed by atoms with Crippen LogP contribution < -0.4 is 0 Å². The van der Waals surface area contributed by atoms with E-state index >= 15 is 0 Å². The molecular weight excluding hydrogens is 272 g/mol. The molecule has 22 heavy (non-hydrogen) atoms. The van der Waals surface area contributed by atoms with Crippen LogP contribution in [0, 0.1) is 46.8 Å². The number of hydrogen-bond acceptors (Lipinski definition) is 1. The summed E-state index contributed by atoms with van der Waals surface area (Å²) in [6.07, 6.45) is 11.8. The van der Waals surface area contributed by atoms with E-state index in [2.05, 4.69) is 13.8 Å². The lowest BCUT2D eigenvalue weighted by molar-refractivity contribution is -0.145. The standard InChI is InChI=1S/C20H32O2/c1-20(2)11-3-4-12-5-6-14-13-8-10-17(19(21)22)15(13)7-9-16(14)18(12)20/h12-18H,3-11H2,1-2H3,(H,21,22). The van der Waals surface area contributed by atoms with Gasteiger partial charge in [-0.3, -0.25) is 4.79 Å². The van der Waals surface area contributed by atoms with Crippen LogP contribution in [0.2, 0.25) is 0 Å². The third-order valence-electron chi connectivity index (χ3n) is 8.27. The number of hydrogen-bond donors (Lipinski definition) is 1. The van der Waals surface area contributed by atoms with Crippen molar-refractivity contribution in [3.8, 4) is 0 Å². The van der Waals surface area contributed by atoms with Gasteiger partial charge in [0.15, 0.2) is 0 Å². The summed E-state index contributed by atoms with van der Waals surface area (Å²) in [5.74, 6) is 4.34. The molecule has 0 bridgehead atoms. The van der Waals surface area contributed by atoms with Crippen molar-refractivity contribution in [2.45, 2.75) is 71.6 Å². The van der Waals surface area contributed by atoms with Gasteiger partial charge in [-0.25, -0.2) is 0 Å². The Balaban J connectivity index is 1.59. The number of carboxylic acid groups (broad SMARTS) is 1. The van der Waals surface area contributed by atoms with Crippen LogP contribution >= 0.6 is 0 Å². The van der Waals surface area contributed by atoms with Crippen LogP contribution in [-0.2, 0) is 4.79 Å². The Hall–Kier alpha value is -0.530. The molecule has 2 nitrogen and oxygen atoms in total. The predicted octanol–water partition coefficient (Wildman–Crippen LogP) is 4.98. The van der Waals surface area contributed by atoms with Crippen LogP contribution in [0.15, 0.2) is 0 Å². The fourth-order valence-corrected chi connectivity index (χ4v) is 7.61. The van der Waals surface area contributed by atoms with Crippen molar-refractivity contribution in [3.05, 3.63) is 0 Å². The number of rotatable bonds is 1. The first-order valence-corrected chi connectivity index (χ1v) is 9.72. The summed E-state index contributed by atoms with van der Waals surface area (Å²) < 4.78 is 0. The van der Waals surface area contributed by atoms with E-state index in [1.54, 1.807) is 0 Å². The highest BCUT2D eigenvalue weighted by molar-refractivity contribution is 5.70. The van der Waals surface area contributed by atoms with Gasteiger partial charge >= 0.3 is 5.97 Å². The van der Waals surface area contributed by atoms with Gasteiger partial charge < -0.3 is 5.11 Å². The fraction of sp³-hybridized carbons (Fsp3) is 0.950. The molecule has 4 fully saturated rings. The highest BCUT2D eigenvalue weighted by atomic mass is 16.4. The van der Waals surface area contributed by atoms with Crippen molar-refractivity contribution >= 4 is 5.97 Å². The summed E-state index contributed by atoms with van der Waals surface area (Å²) in [5, 5.41) is 9.52. The van der Waals surface area contributed by atoms with Crippen LogP contribution in [0.4, 0.5) is 0 Å². The van der Waals surface area contributed by atoms with E-state index in [1.165, 1.54) is 51.4 Å². The molecule has 0 heterocycles. The van der Waals surface area contributed by atoms with Gasteiger partial charge in [-0.15, -0.1) is 0 Å². The SMILES string of the molecule is CC1(C)CCCC2CCC3C4CCC(C(=O)O)C4CCC3C21. The minimum Gasteiger partial charge on any atom is -0.481 e. The van der Waals surface area contributed by atoms with Crippen molar-refractivity contribution < 1.29 is 9.90 Å². The molecule has 4 saturated carbocycles. The molecule has 7 atom stereocenters. The van der Waals surface area contributed by atoms with Gasteiger partial charge in [-0.2, -0.15) is 0 Å². The lowest BCUT2D eigenvalue weighted by Gasteiger charge is -2.57. The molecule has 7 unspecified atom stereocenters. The van der Waals surface area contributed by atoms with Crippen LogP contribution in [-0.4, -0.2) is 11.1 Å². The average Bonchev–Trinajstić information content (AvgIpc) is 2.90.